The first kappa shape index (κ1) is 23.0. The van der Waals surface area contributed by atoms with E-state index < -0.39 is 0 Å². The average Bonchev–Trinajstić information content (AvgIpc) is 3.50. The molecule has 0 radical (unpaired) electrons. The lowest BCUT2D eigenvalue weighted by Gasteiger charge is -2.40. The van der Waals surface area contributed by atoms with Crippen molar-refractivity contribution in [2.24, 2.45) is 0 Å². The number of aromatic amines is 1. The Morgan fingerprint density at radius 2 is 2.12 bits per heavy atom. The number of nitrogens with one attached hydrogen (secondary N) is 1. The maximum absolute atomic E-state index is 13.6. The van der Waals surface area contributed by atoms with Crippen molar-refractivity contribution in [1.82, 2.24) is 24.6 Å². The molecule has 5 rings (SSSR count). The highest BCUT2D eigenvalue weighted by molar-refractivity contribution is 6.07. The van der Waals surface area contributed by atoms with Gasteiger partial charge < -0.3 is 19.7 Å². The van der Waals surface area contributed by atoms with Crippen LogP contribution in [-0.4, -0.2) is 82.5 Å². The zero-order valence-electron chi connectivity index (χ0n) is 19.9. The summed E-state index contributed by atoms with van der Waals surface area (Å²) in [5.74, 6) is 0.0140. The number of carbonyl (C=O) groups excluding carboxylic acids is 1. The van der Waals surface area contributed by atoms with E-state index in [4.69, 9.17) is 4.74 Å². The molecule has 3 aromatic rings. The Hall–Kier alpha value is -2.75. The number of hydrogen-bond donors (Lipinski definition) is 1. The number of nitrogens with zero attached hydrogens (tertiary/aromatic N) is 4. The fourth-order valence-electron chi connectivity index (χ4n) is 5.32. The Bertz CT molecular complexity index is 1260. The number of benzene rings is 1. The fraction of sp³-hybridized carbons (Fsp3) is 0.560. The summed E-state index contributed by atoms with van der Waals surface area (Å²) in [6, 6.07) is 4.15. The van der Waals surface area contributed by atoms with Crippen LogP contribution >= 0.6 is 0 Å². The number of ether oxygens (including phenoxy) is 1. The molecule has 9 nitrogen and oxygen atoms in total. The van der Waals surface area contributed by atoms with Crippen LogP contribution in [0.3, 0.4) is 0 Å². The summed E-state index contributed by atoms with van der Waals surface area (Å²) in [6.45, 7) is 8.31. The van der Waals surface area contributed by atoms with Gasteiger partial charge in [-0.25, -0.2) is 0 Å². The van der Waals surface area contributed by atoms with Crippen LogP contribution in [0.15, 0.2) is 23.1 Å². The molecule has 182 valence electrons. The van der Waals surface area contributed by atoms with Crippen LogP contribution < -0.4 is 10.7 Å². The lowest BCUT2D eigenvalue weighted by molar-refractivity contribution is -0.368. The van der Waals surface area contributed by atoms with Gasteiger partial charge in [0.2, 0.25) is 0 Å². The number of amides is 1. The molecule has 0 spiro atoms. The van der Waals surface area contributed by atoms with Gasteiger partial charge in [0.25, 0.3) is 11.5 Å². The van der Waals surface area contributed by atoms with Crippen molar-refractivity contribution in [1.29, 1.82) is 0 Å². The lowest BCUT2D eigenvalue weighted by atomic mass is 10.0. The molecule has 1 N–H and O–H groups in total. The van der Waals surface area contributed by atoms with Crippen LogP contribution in [-0.2, 0) is 4.74 Å². The van der Waals surface area contributed by atoms with E-state index in [2.05, 4.69) is 21.9 Å². The first-order chi connectivity index (χ1) is 16.5. The van der Waals surface area contributed by atoms with Crippen molar-refractivity contribution < 1.29 is 14.6 Å². The maximum Gasteiger partial charge on any atom is 0.259 e. The van der Waals surface area contributed by atoms with Crippen molar-refractivity contribution in [2.75, 3.05) is 46.0 Å². The number of H-pyrrole nitrogens is 1. The van der Waals surface area contributed by atoms with Gasteiger partial charge in [-0.1, -0.05) is 6.42 Å². The van der Waals surface area contributed by atoms with E-state index in [-0.39, 0.29) is 30.2 Å². The number of piperazine rings is 1. The zero-order chi connectivity index (χ0) is 23.8. The van der Waals surface area contributed by atoms with Crippen molar-refractivity contribution >= 4 is 27.7 Å². The monoisotopic (exact) mass is 466 g/mol. The molecule has 9 heteroatoms. The molecule has 2 aliphatic heterocycles. The van der Waals surface area contributed by atoms with E-state index in [9.17, 15) is 14.7 Å². The van der Waals surface area contributed by atoms with Gasteiger partial charge in [0.15, 0.2) is 0 Å². The molecule has 2 aromatic heterocycles. The predicted octanol–water partition coefficient (Wildman–Crippen LogP) is 1.43. The summed E-state index contributed by atoms with van der Waals surface area (Å²) >= 11 is 0. The fourth-order valence-corrected chi connectivity index (χ4v) is 5.32. The third-order valence-electron chi connectivity index (χ3n) is 7.28. The number of aryl methyl sites for hydroxylation is 1. The van der Waals surface area contributed by atoms with E-state index in [0.29, 0.717) is 49.2 Å². The van der Waals surface area contributed by atoms with Crippen molar-refractivity contribution in [3.63, 3.8) is 0 Å². The van der Waals surface area contributed by atoms with Gasteiger partial charge in [-0.05, 0) is 50.9 Å². The van der Waals surface area contributed by atoms with Gasteiger partial charge in [-0.15, -0.1) is 6.61 Å². The van der Waals surface area contributed by atoms with E-state index in [1.807, 2.05) is 28.6 Å². The molecular weight excluding hydrogens is 434 g/mol. The summed E-state index contributed by atoms with van der Waals surface area (Å²) in [5, 5.41) is 16.6. The molecule has 34 heavy (non-hydrogen) atoms. The van der Waals surface area contributed by atoms with Crippen molar-refractivity contribution in [3.05, 3.63) is 39.8 Å². The standard InChI is InChI=1S/C25H32N5O4/c1-16-11-22-20(23-21(24(32)27-22)13-26-30(23)18-5-10-34-15-18)12-19(16)25(33)29-8-7-28(17(2)14-29)6-3-4-9-31/h11-13,17-18H,3-10,14-15H2,1-2H3,(H,27,32)/q-1/t17-,18-/m0/s1. The third kappa shape index (κ3) is 4.12. The Balaban J connectivity index is 1.48. The highest BCUT2D eigenvalue weighted by atomic mass is 16.5. The number of pyridine rings is 1. The molecule has 1 aromatic carbocycles. The predicted molar refractivity (Wildman–Crippen MR) is 128 cm³/mol. The second kappa shape index (κ2) is 9.48. The number of fused-ring (bicyclic) bond motifs is 3. The van der Waals surface area contributed by atoms with E-state index in [1.54, 1.807) is 6.20 Å². The molecule has 2 fully saturated rings. The molecule has 2 atom stereocenters. The summed E-state index contributed by atoms with van der Waals surface area (Å²) in [7, 11) is 0. The molecule has 0 aliphatic carbocycles. The van der Waals surface area contributed by atoms with Gasteiger partial charge in [-0.2, -0.15) is 5.10 Å². The smallest absolute Gasteiger partial charge is 0.259 e. The number of unbranched alkanes of at least 4 members (excludes halogenated alkanes) is 1. The Kier molecular flexibility index (Phi) is 6.42. The molecule has 4 heterocycles. The third-order valence-corrected chi connectivity index (χ3v) is 7.28. The highest BCUT2D eigenvalue weighted by Gasteiger charge is 2.28. The normalized spacial score (nSPS) is 21.7. The zero-order valence-corrected chi connectivity index (χ0v) is 19.9. The first-order valence-corrected chi connectivity index (χ1v) is 12.2. The van der Waals surface area contributed by atoms with Gasteiger partial charge >= 0.3 is 0 Å². The number of carbonyl (C=O) groups is 1. The average molecular weight is 467 g/mol. The SMILES string of the molecule is Cc1cc2[nH]c(=O)c3cnn([C@H]4CCOC4)c3c2cc1C(=O)N1CCN(CCCC[O-])[C@@H](C)C1. The Morgan fingerprint density at radius 1 is 1.26 bits per heavy atom. The summed E-state index contributed by atoms with van der Waals surface area (Å²) in [5.41, 5.74) is 2.80. The topological polar surface area (TPSA) is 107 Å². The minimum Gasteiger partial charge on any atom is -0.854 e. The second-order valence-corrected chi connectivity index (χ2v) is 9.58. The molecule has 0 saturated carbocycles. The molecule has 2 saturated heterocycles. The largest absolute Gasteiger partial charge is 0.854 e. The first-order valence-electron chi connectivity index (χ1n) is 12.2. The van der Waals surface area contributed by atoms with Gasteiger partial charge in [0.1, 0.15) is 0 Å². The summed E-state index contributed by atoms with van der Waals surface area (Å²) in [6.07, 6.45) is 4.06. The second-order valence-electron chi connectivity index (χ2n) is 9.58. The van der Waals surface area contributed by atoms with E-state index in [1.165, 1.54) is 0 Å². The minimum atomic E-state index is -0.173. The molecular formula is C25H32N5O4-. The van der Waals surface area contributed by atoms with Gasteiger partial charge in [0.05, 0.1) is 35.3 Å². The molecule has 0 bridgehead atoms. The van der Waals surface area contributed by atoms with Crippen molar-refractivity contribution in [3.8, 4) is 0 Å². The highest BCUT2D eigenvalue weighted by Crippen LogP contribution is 2.29. The molecule has 0 unspecified atom stereocenters. The molecule has 1 amide bonds. The van der Waals surface area contributed by atoms with Crippen LogP contribution in [0.25, 0.3) is 21.8 Å². The van der Waals surface area contributed by atoms with Crippen LogP contribution in [0.5, 0.6) is 0 Å². The van der Waals surface area contributed by atoms with Gasteiger partial charge in [0, 0.05) is 43.2 Å². The maximum atomic E-state index is 13.6. The van der Waals surface area contributed by atoms with Crippen LogP contribution in [0.2, 0.25) is 0 Å². The summed E-state index contributed by atoms with van der Waals surface area (Å²) < 4.78 is 7.45. The number of rotatable bonds is 6. The quantitative estimate of drug-likeness (QED) is 0.551. The van der Waals surface area contributed by atoms with E-state index in [0.717, 1.165) is 42.4 Å². The summed E-state index contributed by atoms with van der Waals surface area (Å²) in [4.78, 5) is 33.6. The Labute approximate surface area is 198 Å². The van der Waals surface area contributed by atoms with Crippen LogP contribution in [0, 0.1) is 6.92 Å². The van der Waals surface area contributed by atoms with Crippen LogP contribution in [0.1, 0.15) is 48.1 Å². The lowest BCUT2D eigenvalue weighted by Crippen LogP contribution is -2.53. The number of hydrogen-bond acceptors (Lipinski definition) is 6. The number of aromatic nitrogens is 3. The van der Waals surface area contributed by atoms with Gasteiger partial charge in [-0.3, -0.25) is 19.2 Å². The van der Waals surface area contributed by atoms with Crippen molar-refractivity contribution in [2.45, 2.75) is 45.2 Å². The molecule has 2 aliphatic rings. The van der Waals surface area contributed by atoms with E-state index >= 15 is 0 Å². The Morgan fingerprint density at radius 3 is 2.85 bits per heavy atom. The minimum absolute atomic E-state index is 0.0140. The van der Waals surface area contributed by atoms with Crippen LogP contribution in [0.4, 0.5) is 0 Å².